The number of carbonyl (C=O) groups is 2. The average Bonchev–Trinajstić information content (AvgIpc) is 3.17. The number of thiophene rings is 1. The van der Waals surface area contributed by atoms with Gasteiger partial charge in [0.25, 0.3) is 11.8 Å². The minimum Gasteiger partial charge on any atom is -0.334 e. The first-order chi connectivity index (χ1) is 12.5. The van der Waals surface area contributed by atoms with Crippen molar-refractivity contribution in [2.45, 2.75) is 25.8 Å². The van der Waals surface area contributed by atoms with E-state index < -0.39 is 0 Å². The van der Waals surface area contributed by atoms with Crippen LogP contribution in [0.15, 0.2) is 35.7 Å². The maximum atomic E-state index is 13.0. The number of benzene rings is 1. The third-order valence-corrected chi connectivity index (χ3v) is 5.92. The Hall–Kier alpha value is -1.60. The molecule has 1 fully saturated rings. The van der Waals surface area contributed by atoms with Crippen LogP contribution in [0, 0.1) is 5.92 Å². The van der Waals surface area contributed by atoms with E-state index in [1.807, 2.05) is 16.3 Å². The lowest BCUT2D eigenvalue weighted by atomic mass is 9.92. The lowest BCUT2D eigenvalue weighted by molar-refractivity contribution is 0.0573. The van der Waals surface area contributed by atoms with E-state index in [4.69, 9.17) is 17.3 Å². The predicted octanol–water partition coefficient (Wildman–Crippen LogP) is 4.28. The van der Waals surface area contributed by atoms with Crippen LogP contribution in [0.25, 0.3) is 0 Å². The first-order valence-electron chi connectivity index (χ1n) is 8.65. The van der Waals surface area contributed by atoms with Crippen molar-refractivity contribution in [2.24, 2.45) is 11.7 Å². The summed E-state index contributed by atoms with van der Waals surface area (Å²) in [7, 11) is 0. The molecular weight excluding hydrogens is 405 g/mol. The molecule has 1 aromatic heterocycles. The van der Waals surface area contributed by atoms with Crippen LogP contribution in [0.4, 0.5) is 5.69 Å². The highest BCUT2D eigenvalue weighted by molar-refractivity contribution is 7.12. The molecule has 2 unspecified atom stereocenters. The highest BCUT2D eigenvalue weighted by Gasteiger charge is 2.29. The summed E-state index contributed by atoms with van der Waals surface area (Å²) in [5.41, 5.74) is 6.81. The molecule has 1 aliphatic heterocycles. The fourth-order valence-electron chi connectivity index (χ4n) is 3.25. The highest BCUT2D eigenvalue weighted by Crippen LogP contribution is 2.28. The molecule has 27 heavy (non-hydrogen) atoms. The van der Waals surface area contributed by atoms with Gasteiger partial charge in [0.15, 0.2) is 0 Å². The van der Waals surface area contributed by atoms with E-state index in [9.17, 15) is 9.59 Å². The Morgan fingerprint density at radius 2 is 2.15 bits per heavy atom. The third kappa shape index (κ3) is 5.02. The Morgan fingerprint density at radius 3 is 2.81 bits per heavy atom. The molecule has 3 rings (SSSR count). The Bertz CT molecular complexity index is 798. The van der Waals surface area contributed by atoms with Gasteiger partial charge in [0.05, 0.1) is 15.6 Å². The zero-order chi connectivity index (χ0) is 18.7. The molecular formula is C19H23Cl2N3O2S. The fourth-order valence-corrected chi connectivity index (χ4v) is 4.04. The fraction of sp³-hybridized carbons (Fsp3) is 0.368. The first-order valence-corrected chi connectivity index (χ1v) is 9.90. The molecule has 8 heteroatoms. The van der Waals surface area contributed by atoms with Crippen LogP contribution in [0.2, 0.25) is 5.02 Å². The number of rotatable bonds is 4. The van der Waals surface area contributed by atoms with Crippen molar-refractivity contribution in [2.75, 3.05) is 18.4 Å². The summed E-state index contributed by atoms with van der Waals surface area (Å²) in [4.78, 5) is 27.7. The second-order valence-electron chi connectivity index (χ2n) is 6.64. The third-order valence-electron chi connectivity index (χ3n) is 4.72. The summed E-state index contributed by atoms with van der Waals surface area (Å²) in [6, 6.07) is 8.57. The standard InChI is InChI=1S/C19H22ClN3O2S.ClH/c1-12-6-7-23(14(9-12)11-21)19(25)13-4-5-15(20)16(10-13)22-18(24)17-3-2-8-26-17;/h2-5,8,10,12,14H,6-7,9,11,21H2,1H3,(H,22,24);1H. The van der Waals surface area contributed by atoms with E-state index in [-0.39, 0.29) is 30.3 Å². The zero-order valence-electron chi connectivity index (χ0n) is 15.0. The number of piperidine rings is 1. The molecule has 2 amide bonds. The van der Waals surface area contributed by atoms with Gasteiger partial charge in [-0.3, -0.25) is 9.59 Å². The van der Waals surface area contributed by atoms with Crippen LogP contribution in [0.1, 0.15) is 39.8 Å². The number of amides is 2. The molecule has 2 atom stereocenters. The molecule has 2 heterocycles. The van der Waals surface area contributed by atoms with Crippen LogP contribution >= 0.6 is 35.3 Å². The van der Waals surface area contributed by atoms with E-state index in [0.29, 0.717) is 40.2 Å². The van der Waals surface area contributed by atoms with Crippen molar-refractivity contribution in [3.63, 3.8) is 0 Å². The van der Waals surface area contributed by atoms with Crippen LogP contribution in [0.3, 0.4) is 0 Å². The predicted molar refractivity (Wildman–Crippen MR) is 113 cm³/mol. The van der Waals surface area contributed by atoms with Gasteiger partial charge in [-0.2, -0.15) is 0 Å². The number of anilines is 1. The lowest BCUT2D eigenvalue weighted by Gasteiger charge is -2.38. The van der Waals surface area contributed by atoms with Crippen molar-refractivity contribution in [1.29, 1.82) is 0 Å². The number of nitrogens with one attached hydrogen (secondary N) is 1. The van der Waals surface area contributed by atoms with Crippen molar-refractivity contribution in [3.8, 4) is 0 Å². The Morgan fingerprint density at radius 1 is 1.37 bits per heavy atom. The summed E-state index contributed by atoms with van der Waals surface area (Å²) in [6.07, 6.45) is 1.88. The SMILES string of the molecule is CC1CCN(C(=O)c2ccc(Cl)c(NC(=O)c3cccs3)c2)C(CN)C1.Cl. The second-order valence-corrected chi connectivity index (χ2v) is 8.00. The molecule has 3 N–H and O–H groups in total. The van der Waals surface area contributed by atoms with Gasteiger partial charge in [-0.25, -0.2) is 0 Å². The van der Waals surface area contributed by atoms with Gasteiger partial charge in [-0.1, -0.05) is 24.6 Å². The van der Waals surface area contributed by atoms with Crippen molar-refractivity contribution >= 4 is 52.8 Å². The molecule has 0 bridgehead atoms. The minimum atomic E-state index is -0.238. The molecule has 0 aliphatic carbocycles. The first kappa shape index (κ1) is 21.7. The number of likely N-dealkylation sites (tertiary alicyclic amines) is 1. The summed E-state index contributed by atoms with van der Waals surface area (Å²) in [5, 5.41) is 5.02. The Labute approximate surface area is 174 Å². The highest BCUT2D eigenvalue weighted by atomic mass is 35.5. The number of carbonyl (C=O) groups excluding carboxylic acids is 2. The molecule has 1 saturated heterocycles. The van der Waals surface area contributed by atoms with Crippen LogP contribution < -0.4 is 11.1 Å². The molecule has 0 radical (unpaired) electrons. The van der Waals surface area contributed by atoms with Gasteiger partial charge in [-0.05, 0) is 48.4 Å². The lowest BCUT2D eigenvalue weighted by Crippen LogP contribution is -2.49. The van der Waals surface area contributed by atoms with E-state index in [2.05, 4.69) is 12.2 Å². The number of nitrogens with zero attached hydrogens (tertiary/aromatic N) is 1. The maximum Gasteiger partial charge on any atom is 0.265 e. The van der Waals surface area contributed by atoms with Crippen LogP contribution in [-0.4, -0.2) is 35.8 Å². The normalized spacial score (nSPS) is 19.3. The Balaban J connectivity index is 0.00000261. The molecule has 5 nitrogen and oxygen atoms in total. The maximum absolute atomic E-state index is 13.0. The van der Waals surface area contributed by atoms with Gasteiger partial charge in [0.2, 0.25) is 0 Å². The van der Waals surface area contributed by atoms with Crippen molar-refractivity contribution < 1.29 is 9.59 Å². The van der Waals surface area contributed by atoms with Crippen LogP contribution in [0.5, 0.6) is 0 Å². The van der Waals surface area contributed by atoms with E-state index in [1.54, 1.807) is 24.3 Å². The summed E-state index contributed by atoms with van der Waals surface area (Å²) >= 11 is 7.56. The average molecular weight is 428 g/mol. The Kier molecular flexibility index (Phi) is 7.68. The van der Waals surface area contributed by atoms with E-state index in [0.717, 1.165) is 12.8 Å². The molecule has 146 valence electrons. The molecule has 0 spiro atoms. The topological polar surface area (TPSA) is 75.4 Å². The molecule has 2 aromatic rings. The number of halogens is 2. The monoisotopic (exact) mass is 427 g/mol. The summed E-state index contributed by atoms with van der Waals surface area (Å²) < 4.78 is 0. The van der Waals surface area contributed by atoms with Crippen molar-refractivity contribution in [3.05, 3.63) is 51.2 Å². The van der Waals surface area contributed by atoms with E-state index >= 15 is 0 Å². The smallest absolute Gasteiger partial charge is 0.265 e. The molecule has 0 saturated carbocycles. The molecule has 1 aromatic carbocycles. The second kappa shape index (κ2) is 9.55. The quantitative estimate of drug-likeness (QED) is 0.764. The van der Waals surface area contributed by atoms with E-state index in [1.165, 1.54) is 11.3 Å². The van der Waals surface area contributed by atoms with Crippen molar-refractivity contribution in [1.82, 2.24) is 4.90 Å². The van der Waals surface area contributed by atoms with Gasteiger partial charge in [0.1, 0.15) is 0 Å². The summed E-state index contributed by atoms with van der Waals surface area (Å²) in [5.74, 6) is 0.257. The largest absolute Gasteiger partial charge is 0.334 e. The van der Waals surface area contributed by atoms with Crippen LogP contribution in [-0.2, 0) is 0 Å². The number of hydrogen-bond donors (Lipinski definition) is 2. The number of nitrogens with two attached hydrogens (primary N) is 1. The molecule has 1 aliphatic rings. The van der Waals surface area contributed by atoms with Gasteiger partial charge in [0, 0.05) is 24.7 Å². The van der Waals surface area contributed by atoms with Gasteiger partial charge < -0.3 is 16.0 Å². The van der Waals surface area contributed by atoms with Gasteiger partial charge >= 0.3 is 0 Å². The minimum absolute atomic E-state index is 0. The van der Waals surface area contributed by atoms with Gasteiger partial charge in [-0.15, -0.1) is 23.7 Å². The number of hydrogen-bond acceptors (Lipinski definition) is 4. The summed E-state index contributed by atoms with van der Waals surface area (Å²) in [6.45, 7) is 3.33. The zero-order valence-corrected chi connectivity index (χ0v) is 17.4.